The Hall–Kier alpha value is -2.70. The summed E-state index contributed by atoms with van der Waals surface area (Å²) in [5.74, 6) is -0.362. The van der Waals surface area contributed by atoms with E-state index >= 15 is 0 Å². The van der Waals surface area contributed by atoms with E-state index in [9.17, 15) is 13.2 Å². The molecule has 1 aromatic heterocycles. The van der Waals surface area contributed by atoms with E-state index in [-0.39, 0.29) is 22.4 Å². The minimum Gasteiger partial charge on any atom is -0.343 e. The van der Waals surface area contributed by atoms with Gasteiger partial charge in [-0.05, 0) is 60.9 Å². The molecule has 1 amide bonds. The second-order valence-electron chi connectivity index (χ2n) is 6.86. The number of sulfone groups is 1. The van der Waals surface area contributed by atoms with Crippen LogP contribution in [-0.2, 0) is 16.3 Å². The lowest BCUT2D eigenvalue weighted by atomic mass is 10.0. The molecule has 0 aliphatic rings. The van der Waals surface area contributed by atoms with Gasteiger partial charge in [-0.3, -0.25) is 9.78 Å². The number of nitrogens with one attached hydrogen (secondary N) is 1. The lowest BCUT2D eigenvalue weighted by Gasteiger charge is -2.19. The van der Waals surface area contributed by atoms with Gasteiger partial charge in [0.25, 0.3) is 5.91 Å². The van der Waals surface area contributed by atoms with Crippen molar-refractivity contribution in [1.82, 2.24) is 10.3 Å². The Balaban J connectivity index is 1.89. The fourth-order valence-corrected chi connectivity index (χ4v) is 4.17. The van der Waals surface area contributed by atoms with Crippen molar-refractivity contribution in [2.45, 2.75) is 24.3 Å². The third kappa shape index (κ3) is 5.43. The van der Waals surface area contributed by atoms with E-state index in [2.05, 4.69) is 10.3 Å². The first-order valence-electron chi connectivity index (χ1n) is 9.01. The molecule has 0 saturated carbocycles. The maximum Gasteiger partial charge on any atom is 0.251 e. The number of pyridine rings is 1. The van der Waals surface area contributed by atoms with Crippen LogP contribution in [0.3, 0.4) is 0 Å². The minimum atomic E-state index is -3.43. The molecule has 3 rings (SSSR count). The molecular weight excluding hydrogens is 408 g/mol. The van der Waals surface area contributed by atoms with Crippen LogP contribution >= 0.6 is 11.6 Å². The van der Waals surface area contributed by atoms with Gasteiger partial charge in [0.15, 0.2) is 9.84 Å². The molecule has 5 nitrogen and oxygen atoms in total. The zero-order chi connectivity index (χ0) is 21.0. The Morgan fingerprint density at radius 3 is 2.45 bits per heavy atom. The SMILES string of the molecule is Cc1ccc(C(=O)NC(Cc2ccc(Cl)cc2)c2ccccn2)cc1S(C)(=O)=O. The lowest BCUT2D eigenvalue weighted by Crippen LogP contribution is -2.30. The van der Waals surface area contributed by atoms with Gasteiger partial charge in [-0.1, -0.05) is 35.9 Å². The summed E-state index contributed by atoms with van der Waals surface area (Å²) in [6.07, 6.45) is 3.32. The summed E-state index contributed by atoms with van der Waals surface area (Å²) in [7, 11) is -3.43. The molecule has 0 aliphatic carbocycles. The third-order valence-electron chi connectivity index (χ3n) is 4.55. The number of carbonyl (C=O) groups excluding carboxylic acids is 1. The number of hydrogen-bond donors (Lipinski definition) is 1. The number of hydrogen-bond acceptors (Lipinski definition) is 4. The smallest absolute Gasteiger partial charge is 0.251 e. The fraction of sp³-hybridized carbons (Fsp3) is 0.182. The first-order chi connectivity index (χ1) is 13.7. The van der Waals surface area contributed by atoms with E-state index in [4.69, 9.17) is 11.6 Å². The molecule has 0 spiro atoms. The number of rotatable bonds is 6. The molecule has 1 atom stereocenters. The van der Waals surface area contributed by atoms with Gasteiger partial charge in [-0.2, -0.15) is 0 Å². The topological polar surface area (TPSA) is 76.1 Å². The average Bonchev–Trinajstić information content (AvgIpc) is 2.69. The number of nitrogens with zero attached hydrogens (tertiary/aromatic N) is 1. The number of halogens is 1. The van der Waals surface area contributed by atoms with Crippen molar-refractivity contribution in [1.29, 1.82) is 0 Å². The van der Waals surface area contributed by atoms with E-state index in [1.807, 2.05) is 30.3 Å². The number of amides is 1. The minimum absolute atomic E-state index is 0.150. The Kier molecular flexibility index (Phi) is 6.35. The Morgan fingerprint density at radius 2 is 1.83 bits per heavy atom. The molecule has 1 unspecified atom stereocenters. The number of aryl methyl sites for hydroxylation is 1. The van der Waals surface area contributed by atoms with Gasteiger partial charge in [0.1, 0.15) is 0 Å². The summed E-state index contributed by atoms with van der Waals surface area (Å²) >= 11 is 5.96. The largest absolute Gasteiger partial charge is 0.343 e. The lowest BCUT2D eigenvalue weighted by molar-refractivity contribution is 0.0935. The maximum atomic E-state index is 12.9. The fourth-order valence-electron chi connectivity index (χ4n) is 3.05. The van der Waals surface area contributed by atoms with Crippen molar-refractivity contribution in [2.75, 3.05) is 6.26 Å². The molecule has 1 heterocycles. The summed E-state index contributed by atoms with van der Waals surface area (Å²) in [5.41, 5.74) is 2.59. The molecule has 0 bridgehead atoms. The van der Waals surface area contributed by atoms with Crippen LogP contribution in [0, 0.1) is 6.92 Å². The van der Waals surface area contributed by atoms with Gasteiger partial charge in [-0.15, -0.1) is 0 Å². The number of benzene rings is 2. The first kappa shape index (κ1) is 21.0. The van der Waals surface area contributed by atoms with Gasteiger partial charge < -0.3 is 5.32 Å². The predicted octanol–water partition coefficient (Wildman–Crippen LogP) is 4.16. The summed E-state index contributed by atoms with van der Waals surface area (Å²) in [6.45, 7) is 1.70. The zero-order valence-electron chi connectivity index (χ0n) is 16.1. The Morgan fingerprint density at radius 1 is 1.10 bits per heavy atom. The molecule has 0 saturated heterocycles. The number of carbonyl (C=O) groups is 1. The van der Waals surface area contributed by atoms with E-state index in [1.165, 1.54) is 6.07 Å². The molecule has 0 aliphatic heterocycles. The van der Waals surface area contributed by atoms with E-state index in [1.54, 1.807) is 37.4 Å². The van der Waals surface area contributed by atoms with Crippen LogP contribution in [0.2, 0.25) is 5.02 Å². The second-order valence-corrected chi connectivity index (χ2v) is 9.28. The van der Waals surface area contributed by atoms with Crippen molar-refractivity contribution in [2.24, 2.45) is 0 Å². The molecule has 2 aromatic carbocycles. The van der Waals surface area contributed by atoms with E-state index in [0.29, 0.717) is 22.7 Å². The van der Waals surface area contributed by atoms with Crippen LogP contribution in [0.4, 0.5) is 0 Å². The Labute approximate surface area is 175 Å². The normalized spacial score (nSPS) is 12.4. The van der Waals surface area contributed by atoms with Crippen molar-refractivity contribution < 1.29 is 13.2 Å². The molecule has 1 N–H and O–H groups in total. The quantitative estimate of drug-likeness (QED) is 0.639. The maximum absolute atomic E-state index is 12.9. The zero-order valence-corrected chi connectivity index (χ0v) is 17.7. The summed E-state index contributed by atoms with van der Waals surface area (Å²) in [4.78, 5) is 17.4. The van der Waals surface area contributed by atoms with Gasteiger partial charge in [-0.25, -0.2) is 8.42 Å². The van der Waals surface area contributed by atoms with Gasteiger partial charge >= 0.3 is 0 Å². The van der Waals surface area contributed by atoms with Crippen molar-refractivity contribution in [3.05, 3.63) is 94.3 Å². The van der Waals surface area contributed by atoms with Crippen LogP contribution < -0.4 is 5.32 Å². The molecular formula is C22H21ClN2O3S. The van der Waals surface area contributed by atoms with Crippen LogP contribution in [0.1, 0.15) is 33.2 Å². The summed E-state index contributed by atoms with van der Waals surface area (Å²) < 4.78 is 24.0. The number of aromatic nitrogens is 1. The van der Waals surface area contributed by atoms with Crippen LogP contribution in [0.25, 0.3) is 0 Å². The molecule has 3 aromatic rings. The predicted molar refractivity (Wildman–Crippen MR) is 114 cm³/mol. The standard InChI is InChI=1S/C22H21ClN2O3S/c1-15-6-9-17(14-21(15)29(2,27)28)22(26)25-20(19-5-3-4-12-24-19)13-16-7-10-18(23)11-8-16/h3-12,14,20H,13H2,1-2H3,(H,25,26). The van der Waals surface area contributed by atoms with E-state index < -0.39 is 9.84 Å². The van der Waals surface area contributed by atoms with Crippen LogP contribution in [0.5, 0.6) is 0 Å². The average molecular weight is 429 g/mol. The summed E-state index contributed by atoms with van der Waals surface area (Å²) in [6, 6.07) is 17.2. The molecule has 150 valence electrons. The van der Waals surface area contributed by atoms with Crippen LogP contribution in [-0.4, -0.2) is 25.6 Å². The van der Waals surface area contributed by atoms with Gasteiger partial charge in [0, 0.05) is 23.0 Å². The first-order valence-corrected chi connectivity index (χ1v) is 11.3. The van der Waals surface area contributed by atoms with Crippen LogP contribution in [0.15, 0.2) is 71.8 Å². The Bertz CT molecular complexity index is 1110. The molecule has 29 heavy (non-hydrogen) atoms. The van der Waals surface area contributed by atoms with Crippen molar-refractivity contribution in [3.8, 4) is 0 Å². The van der Waals surface area contributed by atoms with Gasteiger partial charge in [0.05, 0.1) is 16.6 Å². The third-order valence-corrected chi connectivity index (χ3v) is 6.04. The highest BCUT2D eigenvalue weighted by Crippen LogP contribution is 2.21. The monoisotopic (exact) mass is 428 g/mol. The van der Waals surface area contributed by atoms with Crippen molar-refractivity contribution >= 4 is 27.3 Å². The van der Waals surface area contributed by atoms with E-state index in [0.717, 1.165) is 11.8 Å². The highest BCUT2D eigenvalue weighted by molar-refractivity contribution is 7.90. The molecule has 0 radical (unpaired) electrons. The molecule has 0 fully saturated rings. The second kappa shape index (κ2) is 8.76. The molecule has 7 heteroatoms. The highest BCUT2D eigenvalue weighted by Gasteiger charge is 2.20. The summed E-state index contributed by atoms with van der Waals surface area (Å²) in [5, 5.41) is 3.62. The van der Waals surface area contributed by atoms with Crippen molar-refractivity contribution in [3.63, 3.8) is 0 Å². The highest BCUT2D eigenvalue weighted by atomic mass is 35.5. The van der Waals surface area contributed by atoms with Gasteiger partial charge in [0.2, 0.25) is 0 Å².